The predicted molar refractivity (Wildman–Crippen MR) is 129 cm³/mol. The molecule has 1 aromatic carbocycles. The van der Waals surface area contributed by atoms with Crippen LogP contribution in [-0.4, -0.2) is 43.5 Å². The summed E-state index contributed by atoms with van der Waals surface area (Å²) >= 11 is 0. The maximum Gasteiger partial charge on any atom is 0.257 e. The highest BCUT2D eigenvalue weighted by molar-refractivity contribution is 6.04. The standard InChI is InChI=1S/C26H26N6O/c1-4-31(5-2)18-21-9-10-23(13-19(21)3)30-26(33)22-14-20(15-27-16-22)8-11-24-17-28-25-7-6-12-29-32(24)25/h6-7,9-10,12-17H,4-5,18H2,1-3H3,(H,30,33). The molecule has 4 aromatic rings. The largest absolute Gasteiger partial charge is 0.322 e. The highest BCUT2D eigenvalue weighted by Gasteiger charge is 2.10. The lowest BCUT2D eigenvalue weighted by Crippen LogP contribution is -2.22. The van der Waals surface area contributed by atoms with Gasteiger partial charge in [0.05, 0.1) is 11.8 Å². The minimum absolute atomic E-state index is 0.224. The predicted octanol–water partition coefficient (Wildman–Crippen LogP) is 3.93. The fourth-order valence-corrected chi connectivity index (χ4v) is 3.53. The number of pyridine rings is 1. The number of carbonyl (C=O) groups excluding carboxylic acids is 1. The Balaban J connectivity index is 1.48. The lowest BCUT2D eigenvalue weighted by atomic mass is 10.1. The first-order valence-corrected chi connectivity index (χ1v) is 11.0. The van der Waals surface area contributed by atoms with E-state index in [1.54, 1.807) is 29.2 Å². The molecule has 0 radical (unpaired) electrons. The van der Waals surface area contributed by atoms with Crippen LogP contribution in [-0.2, 0) is 6.54 Å². The van der Waals surface area contributed by atoms with E-state index in [9.17, 15) is 4.79 Å². The average Bonchev–Trinajstić information content (AvgIpc) is 3.25. The van der Waals surface area contributed by atoms with Crippen molar-refractivity contribution in [1.29, 1.82) is 0 Å². The number of nitrogens with one attached hydrogen (secondary N) is 1. The summed E-state index contributed by atoms with van der Waals surface area (Å²) < 4.78 is 1.67. The van der Waals surface area contributed by atoms with E-state index in [4.69, 9.17) is 0 Å². The maximum atomic E-state index is 12.8. The molecule has 0 aliphatic carbocycles. The summed E-state index contributed by atoms with van der Waals surface area (Å²) in [4.78, 5) is 23.6. The molecule has 7 nitrogen and oxygen atoms in total. The number of anilines is 1. The molecule has 166 valence electrons. The number of fused-ring (bicyclic) bond motifs is 1. The average molecular weight is 439 g/mol. The van der Waals surface area contributed by atoms with Gasteiger partial charge in [0.2, 0.25) is 0 Å². The van der Waals surface area contributed by atoms with Crippen molar-refractivity contribution in [2.45, 2.75) is 27.3 Å². The Morgan fingerprint density at radius 3 is 2.73 bits per heavy atom. The van der Waals surface area contributed by atoms with Crippen LogP contribution in [0.5, 0.6) is 0 Å². The van der Waals surface area contributed by atoms with Crippen molar-refractivity contribution in [2.75, 3.05) is 18.4 Å². The zero-order valence-electron chi connectivity index (χ0n) is 19.0. The van der Waals surface area contributed by atoms with Gasteiger partial charge < -0.3 is 5.32 Å². The molecule has 0 saturated carbocycles. The number of carbonyl (C=O) groups is 1. The number of benzene rings is 1. The number of imidazole rings is 1. The molecular formula is C26H26N6O. The van der Waals surface area contributed by atoms with E-state index in [1.165, 1.54) is 11.8 Å². The molecule has 0 bridgehead atoms. The number of hydrogen-bond acceptors (Lipinski definition) is 5. The third kappa shape index (κ3) is 5.25. The number of aromatic nitrogens is 4. The number of rotatable bonds is 6. The first-order chi connectivity index (χ1) is 16.1. The maximum absolute atomic E-state index is 12.8. The van der Waals surface area contributed by atoms with Gasteiger partial charge in [0.15, 0.2) is 5.65 Å². The lowest BCUT2D eigenvalue weighted by Gasteiger charge is -2.19. The van der Waals surface area contributed by atoms with Crippen molar-refractivity contribution >= 4 is 17.2 Å². The Morgan fingerprint density at radius 1 is 1.09 bits per heavy atom. The van der Waals surface area contributed by atoms with Gasteiger partial charge >= 0.3 is 0 Å². The molecule has 4 rings (SSSR count). The SMILES string of the molecule is CCN(CC)Cc1ccc(NC(=O)c2cncc(C#Cc3cnc4cccnn34)c2)cc1C. The Morgan fingerprint density at radius 2 is 1.94 bits per heavy atom. The molecule has 33 heavy (non-hydrogen) atoms. The van der Waals surface area contributed by atoms with Crippen molar-refractivity contribution < 1.29 is 4.79 Å². The summed E-state index contributed by atoms with van der Waals surface area (Å²) in [6.45, 7) is 9.31. The van der Waals surface area contributed by atoms with Gasteiger partial charge in [-0.1, -0.05) is 25.8 Å². The van der Waals surface area contributed by atoms with Crippen molar-refractivity contribution in [3.63, 3.8) is 0 Å². The third-order valence-corrected chi connectivity index (χ3v) is 5.50. The van der Waals surface area contributed by atoms with E-state index in [0.717, 1.165) is 36.5 Å². The van der Waals surface area contributed by atoms with Gasteiger partial charge in [-0.15, -0.1) is 0 Å². The fraction of sp³-hybridized carbons (Fsp3) is 0.231. The monoisotopic (exact) mass is 438 g/mol. The van der Waals surface area contributed by atoms with Crippen LogP contribution in [0.4, 0.5) is 5.69 Å². The minimum Gasteiger partial charge on any atom is -0.322 e. The second kappa shape index (κ2) is 10.1. The molecular weight excluding hydrogens is 412 g/mol. The van der Waals surface area contributed by atoms with Gasteiger partial charge in [-0.05, 0) is 67.4 Å². The molecule has 0 aliphatic rings. The fourth-order valence-electron chi connectivity index (χ4n) is 3.53. The molecule has 1 amide bonds. The molecule has 0 fully saturated rings. The second-order valence-electron chi connectivity index (χ2n) is 7.71. The van der Waals surface area contributed by atoms with Crippen LogP contribution in [0.15, 0.2) is 61.2 Å². The van der Waals surface area contributed by atoms with Gasteiger partial charge in [-0.25, -0.2) is 9.50 Å². The van der Waals surface area contributed by atoms with Crippen molar-refractivity contribution in [3.05, 3.63) is 89.1 Å². The first kappa shape index (κ1) is 22.2. The van der Waals surface area contributed by atoms with E-state index >= 15 is 0 Å². The normalized spacial score (nSPS) is 10.8. The molecule has 0 atom stereocenters. The van der Waals surface area contributed by atoms with Gasteiger partial charge in [0.1, 0.15) is 5.69 Å². The quantitative estimate of drug-likeness (QED) is 0.462. The van der Waals surface area contributed by atoms with Crippen LogP contribution < -0.4 is 5.32 Å². The summed E-state index contributed by atoms with van der Waals surface area (Å²) in [5.74, 6) is 5.87. The molecule has 0 spiro atoms. The second-order valence-corrected chi connectivity index (χ2v) is 7.71. The number of aryl methyl sites for hydroxylation is 1. The van der Waals surface area contributed by atoms with Crippen LogP contribution in [0, 0.1) is 18.8 Å². The van der Waals surface area contributed by atoms with Crippen LogP contribution in [0.3, 0.4) is 0 Å². The Labute approximate surface area is 193 Å². The van der Waals surface area contributed by atoms with E-state index < -0.39 is 0 Å². The smallest absolute Gasteiger partial charge is 0.257 e. The zero-order chi connectivity index (χ0) is 23.2. The van der Waals surface area contributed by atoms with E-state index in [-0.39, 0.29) is 5.91 Å². The highest BCUT2D eigenvalue weighted by atomic mass is 16.1. The van der Waals surface area contributed by atoms with E-state index in [0.29, 0.717) is 16.8 Å². The molecule has 3 aromatic heterocycles. The van der Waals surface area contributed by atoms with Gasteiger partial charge in [-0.3, -0.25) is 14.7 Å². The van der Waals surface area contributed by atoms with E-state index in [2.05, 4.69) is 64.0 Å². The Bertz CT molecular complexity index is 1340. The minimum atomic E-state index is -0.224. The molecule has 0 saturated heterocycles. The van der Waals surface area contributed by atoms with Gasteiger partial charge in [0, 0.05) is 36.4 Å². The van der Waals surface area contributed by atoms with Gasteiger partial charge in [0.25, 0.3) is 5.91 Å². The van der Waals surface area contributed by atoms with Crippen molar-refractivity contribution in [1.82, 2.24) is 24.5 Å². The Hall–Kier alpha value is -4.02. The summed E-state index contributed by atoms with van der Waals surface area (Å²) in [6, 6.07) is 11.4. The lowest BCUT2D eigenvalue weighted by molar-refractivity contribution is 0.102. The molecule has 3 heterocycles. The summed E-state index contributed by atoms with van der Waals surface area (Å²) in [6.07, 6.45) is 6.53. The van der Waals surface area contributed by atoms with Gasteiger partial charge in [-0.2, -0.15) is 5.10 Å². The third-order valence-electron chi connectivity index (χ3n) is 5.50. The summed E-state index contributed by atoms with van der Waals surface area (Å²) in [7, 11) is 0. The summed E-state index contributed by atoms with van der Waals surface area (Å²) in [5.41, 5.74) is 5.65. The Kier molecular flexibility index (Phi) is 6.77. The number of hydrogen-bond donors (Lipinski definition) is 1. The van der Waals surface area contributed by atoms with Crippen molar-refractivity contribution in [3.8, 4) is 11.8 Å². The molecule has 7 heteroatoms. The molecule has 0 aliphatic heterocycles. The van der Waals surface area contributed by atoms with Crippen LogP contribution in [0.1, 0.15) is 46.6 Å². The van der Waals surface area contributed by atoms with Crippen LogP contribution >= 0.6 is 0 Å². The number of amides is 1. The zero-order valence-corrected chi connectivity index (χ0v) is 19.0. The topological polar surface area (TPSA) is 75.4 Å². The first-order valence-electron chi connectivity index (χ1n) is 11.0. The highest BCUT2D eigenvalue weighted by Crippen LogP contribution is 2.18. The summed E-state index contributed by atoms with van der Waals surface area (Å²) in [5, 5.41) is 7.22. The molecule has 0 unspecified atom stereocenters. The van der Waals surface area contributed by atoms with Crippen LogP contribution in [0.25, 0.3) is 5.65 Å². The molecule has 1 N–H and O–H groups in total. The van der Waals surface area contributed by atoms with Crippen LogP contribution in [0.2, 0.25) is 0 Å². The number of nitrogens with zero attached hydrogens (tertiary/aromatic N) is 5. The van der Waals surface area contributed by atoms with E-state index in [1.807, 2.05) is 24.3 Å². The van der Waals surface area contributed by atoms with Crippen molar-refractivity contribution in [2.24, 2.45) is 0 Å².